The third-order valence-electron chi connectivity index (χ3n) is 1.82. The van der Waals surface area contributed by atoms with Crippen molar-refractivity contribution in [2.24, 2.45) is 0 Å². The summed E-state index contributed by atoms with van der Waals surface area (Å²) in [6, 6.07) is 0. The van der Waals surface area contributed by atoms with E-state index in [2.05, 4.69) is 17.5 Å². The van der Waals surface area contributed by atoms with Crippen LogP contribution in [-0.2, 0) is 9.59 Å². The molecule has 3 nitrogen and oxygen atoms in total. The van der Waals surface area contributed by atoms with Crippen molar-refractivity contribution in [1.82, 2.24) is 5.32 Å². The Morgan fingerprint density at radius 3 is 3.00 bits per heavy atom. The van der Waals surface area contributed by atoms with Crippen molar-refractivity contribution in [2.45, 2.75) is 19.3 Å². The van der Waals surface area contributed by atoms with Gasteiger partial charge in [-0.2, -0.15) is 0 Å². The van der Waals surface area contributed by atoms with Crippen molar-refractivity contribution in [1.29, 1.82) is 0 Å². The first-order valence-electron chi connectivity index (χ1n) is 4.39. The van der Waals surface area contributed by atoms with Crippen LogP contribution in [0.4, 0.5) is 0 Å². The van der Waals surface area contributed by atoms with Gasteiger partial charge in [0.25, 0.3) is 0 Å². The number of rotatable bonds is 4. The molecular formula is C10H13NO2. The predicted octanol–water partition coefficient (Wildman–Crippen LogP) is 0.968. The Morgan fingerprint density at radius 2 is 2.38 bits per heavy atom. The number of carbonyl (C=O) groups is 2. The first-order valence-corrected chi connectivity index (χ1v) is 4.39. The number of nitrogens with one attached hydrogen (secondary N) is 1. The van der Waals surface area contributed by atoms with Gasteiger partial charge in [0.2, 0.25) is 5.91 Å². The van der Waals surface area contributed by atoms with Crippen LogP contribution in [0.25, 0.3) is 0 Å². The van der Waals surface area contributed by atoms with Gasteiger partial charge in [0.05, 0.1) is 13.0 Å². The Morgan fingerprint density at radius 1 is 1.54 bits per heavy atom. The minimum absolute atomic E-state index is 0.0927. The lowest BCUT2D eigenvalue weighted by Gasteiger charge is -2.05. The van der Waals surface area contributed by atoms with Gasteiger partial charge in [-0.15, -0.1) is 0 Å². The van der Waals surface area contributed by atoms with Crippen molar-refractivity contribution in [3.63, 3.8) is 0 Å². The summed E-state index contributed by atoms with van der Waals surface area (Å²) in [5.41, 5.74) is 1.04. The van der Waals surface area contributed by atoms with E-state index in [0.717, 1.165) is 18.4 Å². The molecule has 0 fully saturated rings. The van der Waals surface area contributed by atoms with Crippen molar-refractivity contribution >= 4 is 12.2 Å². The van der Waals surface area contributed by atoms with Gasteiger partial charge in [0.1, 0.15) is 6.29 Å². The van der Waals surface area contributed by atoms with E-state index in [-0.39, 0.29) is 12.5 Å². The fourth-order valence-electron chi connectivity index (χ4n) is 1.20. The van der Waals surface area contributed by atoms with Crippen LogP contribution in [0.2, 0.25) is 0 Å². The van der Waals surface area contributed by atoms with Crippen molar-refractivity contribution < 1.29 is 9.59 Å². The second-order valence-corrected chi connectivity index (χ2v) is 2.91. The topological polar surface area (TPSA) is 46.2 Å². The van der Waals surface area contributed by atoms with E-state index in [4.69, 9.17) is 0 Å². The van der Waals surface area contributed by atoms with E-state index < -0.39 is 0 Å². The first-order chi connectivity index (χ1) is 6.33. The second-order valence-electron chi connectivity index (χ2n) is 2.91. The molecule has 0 atom stereocenters. The quantitative estimate of drug-likeness (QED) is 0.653. The molecule has 1 aliphatic carbocycles. The molecule has 0 heterocycles. The van der Waals surface area contributed by atoms with Crippen molar-refractivity contribution in [3.05, 3.63) is 23.8 Å². The maximum Gasteiger partial charge on any atom is 0.224 e. The SMILES string of the molecule is O=CCNC(=O)CC1=CCCC=C1. The summed E-state index contributed by atoms with van der Waals surface area (Å²) in [4.78, 5) is 21.1. The first kappa shape index (κ1) is 9.71. The highest BCUT2D eigenvalue weighted by atomic mass is 16.2. The summed E-state index contributed by atoms with van der Waals surface area (Å²) in [5.74, 6) is -0.0927. The molecule has 0 aromatic rings. The lowest BCUT2D eigenvalue weighted by atomic mass is 10.0. The lowest BCUT2D eigenvalue weighted by molar-refractivity contribution is -0.121. The Labute approximate surface area is 77.5 Å². The van der Waals surface area contributed by atoms with Crippen molar-refractivity contribution in [2.75, 3.05) is 6.54 Å². The van der Waals surface area contributed by atoms with Crippen LogP contribution in [0.15, 0.2) is 23.8 Å². The van der Waals surface area contributed by atoms with E-state index in [1.54, 1.807) is 0 Å². The Balaban J connectivity index is 2.31. The highest BCUT2D eigenvalue weighted by Gasteiger charge is 2.03. The number of hydrogen-bond donors (Lipinski definition) is 1. The number of aldehydes is 1. The highest BCUT2D eigenvalue weighted by molar-refractivity contribution is 5.81. The molecule has 0 spiro atoms. The third kappa shape index (κ3) is 3.69. The molecule has 0 aliphatic heterocycles. The lowest BCUT2D eigenvalue weighted by Crippen LogP contribution is -2.25. The molecule has 0 saturated heterocycles. The fraction of sp³-hybridized carbons (Fsp3) is 0.400. The van der Waals surface area contributed by atoms with E-state index in [1.165, 1.54) is 0 Å². The van der Waals surface area contributed by atoms with Gasteiger partial charge in [0, 0.05) is 0 Å². The zero-order chi connectivity index (χ0) is 9.52. The zero-order valence-electron chi connectivity index (χ0n) is 7.45. The number of amides is 1. The summed E-state index contributed by atoms with van der Waals surface area (Å²) >= 11 is 0. The van der Waals surface area contributed by atoms with Crippen molar-refractivity contribution in [3.8, 4) is 0 Å². The molecule has 0 aromatic carbocycles. The van der Waals surface area contributed by atoms with E-state index in [0.29, 0.717) is 12.7 Å². The summed E-state index contributed by atoms with van der Waals surface area (Å²) in [7, 11) is 0. The van der Waals surface area contributed by atoms with Gasteiger partial charge >= 0.3 is 0 Å². The molecule has 3 heteroatoms. The van der Waals surface area contributed by atoms with E-state index in [1.807, 2.05) is 6.08 Å². The van der Waals surface area contributed by atoms with Crippen LogP contribution in [0.5, 0.6) is 0 Å². The largest absolute Gasteiger partial charge is 0.349 e. The van der Waals surface area contributed by atoms with Crippen LogP contribution >= 0.6 is 0 Å². The molecular weight excluding hydrogens is 166 g/mol. The zero-order valence-corrected chi connectivity index (χ0v) is 7.45. The van der Waals surface area contributed by atoms with Crippen LogP contribution in [0.1, 0.15) is 19.3 Å². The molecule has 0 aromatic heterocycles. The van der Waals surface area contributed by atoms with Gasteiger partial charge in [-0.25, -0.2) is 0 Å². The molecule has 0 saturated carbocycles. The van der Waals surface area contributed by atoms with Gasteiger partial charge in [-0.05, 0) is 18.4 Å². The summed E-state index contributed by atoms with van der Waals surface area (Å²) in [6.45, 7) is 0.107. The fourth-order valence-corrected chi connectivity index (χ4v) is 1.20. The maximum atomic E-state index is 11.1. The normalized spacial score (nSPS) is 14.9. The van der Waals surface area contributed by atoms with Gasteiger partial charge in [0.15, 0.2) is 0 Å². The predicted molar refractivity (Wildman–Crippen MR) is 50.1 cm³/mol. The molecule has 70 valence electrons. The Hall–Kier alpha value is -1.38. The number of carbonyl (C=O) groups excluding carboxylic acids is 2. The number of allylic oxidation sites excluding steroid dienone is 3. The summed E-state index contributed by atoms with van der Waals surface area (Å²) < 4.78 is 0. The third-order valence-corrected chi connectivity index (χ3v) is 1.82. The highest BCUT2D eigenvalue weighted by Crippen LogP contribution is 2.12. The van der Waals surface area contributed by atoms with E-state index >= 15 is 0 Å². The standard InChI is InChI=1S/C10H13NO2/c12-7-6-11-10(13)8-9-4-2-1-3-5-9/h2,4-5,7H,1,3,6,8H2,(H,11,13). The van der Waals surface area contributed by atoms with Crippen LogP contribution in [0, 0.1) is 0 Å². The molecule has 1 aliphatic rings. The Bertz CT molecular complexity index is 254. The molecule has 0 unspecified atom stereocenters. The minimum Gasteiger partial charge on any atom is -0.349 e. The van der Waals surface area contributed by atoms with Crippen LogP contribution in [-0.4, -0.2) is 18.7 Å². The second kappa shape index (κ2) is 5.30. The van der Waals surface area contributed by atoms with Crippen LogP contribution < -0.4 is 5.32 Å². The summed E-state index contributed by atoms with van der Waals surface area (Å²) in [6.07, 6.45) is 9.20. The smallest absolute Gasteiger partial charge is 0.224 e. The molecule has 1 rings (SSSR count). The number of hydrogen-bond acceptors (Lipinski definition) is 2. The average molecular weight is 179 g/mol. The maximum absolute atomic E-state index is 11.1. The molecule has 13 heavy (non-hydrogen) atoms. The van der Waals surface area contributed by atoms with E-state index in [9.17, 15) is 9.59 Å². The summed E-state index contributed by atoms with van der Waals surface area (Å²) in [5, 5.41) is 2.50. The molecule has 1 amide bonds. The minimum atomic E-state index is -0.0927. The molecule has 0 bridgehead atoms. The molecule has 0 radical (unpaired) electrons. The van der Waals surface area contributed by atoms with Gasteiger partial charge in [-0.1, -0.05) is 18.2 Å². The average Bonchev–Trinajstić information content (AvgIpc) is 2.16. The van der Waals surface area contributed by atoms with Crippen LogP contribution in [0.3, 0.4) is 0 Å². The monoisotopic (exact) mass is 179 g/mol. The van der Waals surface area contributed by atoms with Gasteiger partial charge < -0.3 is 10.1 Å². The molecule has 1 N–H and O–H groups in total. The Kier molecular flexibility index (Phi) is 3.96. The van der Waals surface area contributed by atoms with Gasteiger partial charge in [-0.3, -0.25) is 4.79 Å².